The summed E-state index contributed by atoms with van der Waals surface area (Å²) in [6.45, 7) is 5.68. The molecule has 1 aliphatic heterocycles. The molecule has 2 atom stereocenters. The van der Waals surface area contributed by atoms with Crippen molar-refractivity contribution in [3.63, 3.8) is 0 Å². The number of aliphatic hydroxyl groups is 1. The van der Waals surface area contributed by atoms with Gasteiger partial charge in [-0.2, -0.15) is 0 Å². The minimum Gasteiger partial charge on any atom is -0.479 e. The molecule has 6 heteroatoms. The second-order valence-corrected chi connectivity index (χ2v) is 5.38. The molecule has 18 heavy (non-hydrogen) atoms. The fourth-order valence-electron chi connectivity index (χ4n) is 2.16. The summed E-state index contributed by atoms with van der Waals surface area (Å²) < 4.78 is 0. The lowest BCUT2D eigenvalue weighted by Crippen LogP contribution is -2.51. The number of aliphatic carboxylic acids is 1. The SMILES string of the molecule is CC(C)C1CCCN1C(=O)NCC(C)(O)C(=O)O. The zero-order valence-corrected chi connectivity index (χ0v) is 11.1. The van der Waals surface area contributed by atoms with Crippen molar-refractivity contribution in [1.82, 2.24) is 10.2 Å². The Morgan fingerprint density at radius 3 is 2.61 bits per heavy atom. The molecule has 1 heterocycles. The van der Waals surface area contributed by atoms with E-state index in [1.54, 1.807) is 4.90 Å². The molecule has 0 bridgehead atoms. The van der Waals surface area contributed by atoms with Crippen molar-refractivity contribution in [3.8, 4) is 0 Å². The Hall–Kier alpha value is -1.30. The zero-order valence-electron chi connectivity index (χ0n) is 11.1. The molecule has 0 radical (unpaired) electrons. The average Bonchev–Trinajstić information content (AvgIpc) is 2.74. The van der Waals surface area contributed by atoms with Crippen molar-refractivity contribution in [2.24, 2.45) is 5.92 Å². The molecule has 1 saturated heterocycles. The van der Waals surface area contributed by atoms with Crippen LogP contribution in [0.3, 0.4) is 0 Å². The number of urea groups is 1. The Morgan fingerprint density at radius 2 is 2.11 bits per heavy atom. The van der Waals surface area contributed by atoms with E-state index in [0.29, 0.717) is 12.5 Å². The number of carbonyl (C=O) groups is 2. The number of nitrogens with zero attached hydrogens (tertiary/aromatic N) is 1. The van der Waals surface area contributed by atoms with Gasteiger partial charge in [-0.1, -0.05) is 13.8 Å². The van der Waals surface area contributed by atoms with Crippen LogP contribution >= 0.6 is 0 Å². The van der Waals surface area contributed by atoms with Crippen molar-refractivity contribution in [1.29, 1.82) is 0 Å². The first-order chi connectivity index (χ1) is 8.25. The van der Waals surface area contributed by atoms with Crippen LogP contribution in [0.5, 0.6) is 0 Å². The van der Waals surface area contributed by atoms with Crippen molar-refractivity contribution >= 4 is 12.0 Å². The second-order valence-electron chi connectivity index (χ2n) is 5.38. The number of hydrogen-bond acceptors (Lipinski definition) is 3. The second kappa shape index (κ2) is 5.56. The molecule has 0 aromatic carbocycles. The lowest BCUT2D eigenvalue weighted by atomic mass is 10.0. The van der Waals surface area contributed by atoms with Crippen LogP contribution in [-0.2, 0) is 4.79 Å². The number of nitrogens with one attached hydrogen (secondary N) is 1. The predicted octanol–water partition coefficient (Wildman–Crippen LogP) is 0.652. The number of carbonyl (C=O) groups excluding carboxylic acids is 1. The van der Waals surface area contributed by atoms with Crippen LogP contribution < -0.4 is 5.32 Å². The molecule has 1 rings (SSSR count). The lowest BCUT2D eigenvalue weighted by molar-refractivity contribution is -0.155. The lowest BCUT2D eigenvalue weighted by Gasteiger charge is -2.29. The van der Waals surface area contributed by atoms with Crippen molar-refractivity contribution in [2.45, 2.75) is 45.3 Å². The molecule has 2 amide bonds. The summed E-state index contributed by atoms with van der Waals surface area (Å²) in [7, 11) is 0. The quantitative estimate of drug-likeness (QED) is 0.690. The summed E-state index contributed by atoms with van der Waals surface area (Å²) in [5, 5.41) is 20.8. The fraction of sp³-hybridized carbons (Fsp3) is 0.833. The van der Waals surface area contributed by atoms with Gasteiger partial charge >= 0.3 is 12.0 Å². The van der Waals surface area contributed by atoms with Gasteiger partial charge in [-0.05, 0) is 25.7 Å². The maximum Gasteiger partial charge on any atom is 0.337 e. The molecule has 1 aliphatic rings. The van der Waals surface area contributed by atoms with E-state index in [1.165, 1.54) is 6.92 Å². The van der Waals surface area contributed by atoms with Crippen LogP contribution in [0.2, 0.25) is 0 Å². The summed E-state index contributed by atoms with van der Waals surface area (Å²) in [4.78, 5) is 24.4. The normalized spacial score (nSPS) is 22.9. The first-order valence-corrected chi connectivity index (χ1v) is 6.26. The first-order valence-electron chi connectivity index (χ1n) is 6.26. The Morgan fingerprint density at radius 1 is 1.50 bits per heavy atom. The Labute approximate surface area is 107 Å². The Kier molecular flexibility index (Phi) is 4.56. The molecule has 0 aromatic heterocycles. The number of likely N-dealkylation sites (tertiary alicyclic amines) is 1. The van der Waals surface area contributed by atoms with Crippen LogP contribution in [-0.4, -0.2) is 51.8 Å². The standard InChI is InChI=1S/C12H22N2O4/c1-8(2)9-5-4-6-14(9)11(17)13-7-12(3,18)10(15)16/h8-9,18H,4-7H2,1-3H3,(H,13,17)(H,15,16). The van der Waals surface area contributed by atoms with Crippen LogP contribution in [0.25, 0.3) is 0 Å². The summed E-state index contributed by atoms with van der Waals surface area (Å²) in [6, 6.07) is -0.104. The molecule has 0 spiro atoms. The third-order valence-electron chi connectivity index (χ3n) is 3.37. The van der Waals surface area contributed by atoms with Crippen molar-refractivity contribution in [2.75, 3.05) is 13.1 Å². The van der Waals surface area contributed by atoms with E-state index in [2.05, 4.69) is 19.2 Å². The smallest absolute Gasteiger partial charge is 0.337 e. The van der Waals surface area contributed by atoms with Gasteiger partial charge in [-0.3, -0.25) is 0 Å². The molecule has 0 saturated carbocycles. The summed E-state index contributed by atoms with van der Waals surface area (Å²) in [5.41, 5.74) is -1.93. The topological polar surface area (TPSA) is 89.9 Å². The van der Waals surface area contributed by atoms with E-state index in [4.69, 9.17) is 5.11 Å². The highest BCUT2D eigenvalue weighted by Crippen LogP contribution is 2.23. The number of hydrogen-bond donors (Lipinski definition) is 3. The van der Waals surface area contributed by atoms with E-state index in [-0.39, 0.29) is 18.6 Å². The maximum absolute atomic E-state index is 11.9. The van der Waals surface area contributed by atoms with Gasteiger partial charge in [0.2, 0.25) is 0 Å². The van der Waals surface area contributed by atoms with Crippen LogP contribution in [0.15, 0.2) is 0 Å². The van der Waals surface area contributed by atoms with Gasteiger partial charge in [-0.25, -0.2) is 9.59 Å². The molecule has 2 unspecified atom stereocenters. The number of rotatable bonds is 4. The minimum atomic E-state index is -1.93. The highest BCUT2D eigenvalue weighted by atomic mass is 16.4. The predicted molar refractivity (Wildman–Crippen MR) is 66.2 cm³/mol. The van der Waals surface area contributed by atoms with Crippen molar-refractivity contribution in [3.05, 3.63) is 0 Å². The Bertz CT molecular complexity index is 328. The monoisotopic (exact) mass is 258 g/mol. The molecule has 6 nitrogen and oxygen atoms in total. The third kappa shape index (κ3) is 3.35. The first kappa shape index (κ1) is 14.8. The fourth-order valence-corrected chi connectivity index (χ4v) is 2.16. The highest BCUT2D eigenvalue weighted by molar-refractivity contribution is 5.79. The average molecular weight is 258 g/mol. The van der Waals surface area contributed by atoms with E-state index >= 15 is 0 Å². The van der Waals surface area contributed by atoms with Gasteiger partial charge < -0.3 is 20.4 Å². The molecule has 0 aromatic rings. The number of amides is 2. The van der Waals surface area contributed by atoms with Gasteiger partial charge in [0, 0.05) is 12.6 Å². The van der Waals surface area contributed by atoms with Crippen LogP contribution in [0, 0.1) is 5.92 Å². The summed E-state index contributed by atoms with van der Waals surface area (Å²) >= 11 is 0. The van der Waals surface area contributed by atoms with Gasteiger partial charge in [-0.15, -0.1) is 0 Å². The van der Waals surface area contributed by atoms with Gasteiger partial charge in [0.1, 0.15) is 0 Å². The van der Waals surface area contributed by atoms with Gasteiger partial charge in [0.25, 0.3) is 0 Å². The highest BCUT2D eigenvalue weighted by Gasteiger charge is 2.34. The van der Waals surface area contributed by atoms with Gasteiger partial charge in [0.15, 0.2) is 5.60 Å². The third-order valence-corrected chi connectivity index (χ3v) is 3.37. The molecule has 1 fully saturated rings. The van der Waals surface area contributed by atoms with Gasteiger partial charge in [0.05, 0.1) is 6.54 Å². The van der Waals surface area contributed by atoms with Crippen LogP contribution in [0.1, 0.15) is 33.6 Å². The summed E-state index contributed by atoms with van der Waals surface area (Å²) in [6.07, 6.45) is 1.94. The number of carboxylic acid groups (broad SMARTS) is 1. The van der Waals surface area contributed by atoms with E-state index in [1.807, 2.05) is 0 Å². The zero-order chi connectivity index (χ0) is 13.9. The van der Waals surface area contributed by atoms with Crippen molar-refractivity contribution < 1.29 is 19.8 Å². The van der Waals surface area contributed by atoms with E-state index < -0.39 is 11.6 Å². The Balaban J connectivity index is 2.53. The maximum atomic E-state index is 11.9. The number of carboxylic acids is 1. The van der Waals surface area contributed by atoms with E-state index in [9.17, 15) is 14.7 Å². The molecule has 104 valence electrons. The molecule has 3 N–H and O–H groups in total. The largest absolute Gasteiger partial charge is 0.479 e. The van der Waals surface area contributed by atoms with Crippen LogP contribution in [0.4, 0.5) is 4.79 Å². The molecular weight excluding hydrogens is 236 g/mol. The molecular formula is C12H22N2O4. The van der Waals surface area contributed by atoms with E-state index in [0.717, 1.165) is 12.8 Å². The minimum absolute atomic E-state index is 0.194. The molecule has 0 aliphatic carbocycles. The summed E-state index contributed by atoms with van der Waals surface area (Å²) in [5.74, 6) is -0.970.